The maximum Gasteiger partial charge on any atom is 0.264 e. The molecule has 1 aromatic carbocycles. The van der Waals surface area contributed by atoms with Gasteiger partial charge in [-0.1, -0.05) is 6.07 Å². The van der Waals surface area contributed by atoms with E-state index in [4.69, 9.17) is 11.1 Å². The minimum atomic E-state index is -3.52. The fraction of sp³-hybridized carbons (Fsp3) is 0.429. The minimum absolute atomic E-state index is 0.0281. The molecule has 2 radical (unpaired) electrons. The van der Waals surface area contributed by atoms with Crippen LogP contribution in [0.15, 0.2) is 18.2 Å². The highest BCUT2D eigenvalue weighted by Crippen LogP contribution is 2.27. The molecule has 0 saturated carbocycles. The van der Waals surface area contributed by atoms with E-state index in [1.165, 1.54) is 0 Å². The molecule has 0 bridgehead atoms. The number of benzene rings is 1. The van der Waals surface area contributed by atoms with Gasteiger partial charge in [0.1, 0.15) is 0 Å². The zero-order chi connectivity index (χ0) is 14.8. The van der Waals surface area contributed by atoms with Gasteiger partial charge < -0.3 is 4.90 Å². The number of anilines is 1. The quantitative estimate of drug-likeness (QED) is 0.790. The Balaban J connectivity index is 2.22. The first-order valence-electron chi connectivity index (χ1n) is 6.30. The number of hydrogen-bond acceptors (Lipinski definition) is 5. The van der Waals surface area contributed by atoms with Gasteiger partial charge in [-0.3, -0.25) is 4.18 Å². The first-order valence-corrected chi connectivity index (χ1v) is 8.12. The van der Waals surface area contributed by atoms with Gasteiger partial charge in [0, 0.05) is 18.3 Å². The highest BCUT2D eigenvalue weighted by Gasteiger charge is 2.21. The van der Waals surface area contributed by atoms with Crippen molar-refractivity contribution in [2.75, 3.05) is 17.7 Å². The molecule has 1 aliphatic rings. The summed E-state index contributed by atoms with van der Waals surface area (Å²) < 4.78 is 26.7. The lowest BCUT2D eigenvalue weighted by Crippen LogP contribution is -2.26. The molecule has 0 aliphatic carbocycles. The van der Waals surface area contributed by atoms with Crippen molar-refractivity contribution in [1.82, 2.24) is 0 Å². The van der Waals surface area contributed by atoms with Gasteiger partial charge in [-0.2, -0.15) is 13.7 Å². The monoisotopic (exact) mass is 292 g/mol. The van der Waals surface area contributed by atoms with Gasteiger partial charge in [0.2, 0.25) is 0 Å². The molecular formula is C14H16N2O3S. The molecular weight excluding hydrogens is 276 g/mol. The zero-order valence-corrected chi connectivity index (χ0v) is 12.1. The third-order valence-electron chi connectivity index (χ3n) is 3.27. The van der Waals surface area contributed by atoms with E-state index in [9.17, 15) is 13.7 Å². The molecule has 0 N–H and O–H groups in total. The summed E-state index contributed by atoms with van der Waals surface area (Å²) in [5, 5.41) is 9.18. The van der Waals surface area contributed by atoms with Crippen molar-refractivity contribution in [3.63, 3.8) is 0 Å². The smallest absolute Gasteiger partial charge is 0.264 e. The minimum Gasteiger partial charge on any atom is -0.368 e. The van der Waals surface area contributed by atoms with E-state index in [1.807, 2.05) is 11.0 Å². The van der Waals surface area contributed by atoms with Crippen molar-refractivity contribution in [2.45, 2.75) is 25.5 Å². The summed E-state index contributed by atoms with van der Waals surface area (Å²) in [4.78, 5) is 2.04. The second kappa shape index (κ2) is 5.81. The topological polar surface area (TPSA) is 70.4 Å². The van der Waals surface area contributed by atoms with Crippen LogP contribution in [0.4, 0.5) is 5.69 Å². The van der Waals surface area contributed by atoms with Crippen LogP contribution in [0.3, 0.4) is 0 Å². The van der Waals surface area contributed by atoms with E-state index in [0.29, 0.717) is 11.1 Å². The van der Waals surface area contributed by atoms with Gasteiger partial charge in [0.05, 0.1) is 24.5 Å². The Bertz CT molecular complexity index is 634. The van der Waals surface area contributed by atoms with Crippen molar-refractivity contribution >= 4 is 15.8 Å². The van der Waals surface area contributed by atoms with Crippen molar-refractivity contribution in [3.8, 4) is 6.07 Å². The molecule has 2 rings (SSSR count). The van der Waals surface area contributed by atoms with Crippen LogP contribution in [0.1, 0.15) is 24.0 Å². The van der Waals surface area contributed by atoms with Gasteiger partial charge in [0.15, 0.2) is 0 Å². The van der Waals surface area contributed by atoms with E-state index in [2.05, 4.69) is 6.07 Å². The molecule has 1 unspecified atom stereocenters. The molecule has 20 heavy (non-hydrogen) atoms. The highest BCUT2D eigenvalue weighted by atomic mass is 32.2. The fourth-order valence-electron chi connectivity index (χ4n) is 2.26. The van der Waals surface area contributed by atoms with Crippen molar-refractivity contribution in [3.05, 3.63) is 36.2 Å². The molecule has 1 aromatic rings. The molecule has 6 heteroatoms. The Labute approximate surface area is 119 Å². The first-order chi connectivity index (χ1) is 9.40. The first kappa shape index (κ1) is 14.8. The predicted octanol–water partition coefficient (Wildman–Crippen LogP) is 1.71. The van der Waals surface area contributed by atoms with Crippen molar-refractivity contribution in [2.24, 2.45) is 0 Å². The summed E-state index contributed by atoms with van der Waals surface area (Å²) in [6.07, 6.45) is 2.94. The molecule has 5 nitrogen and oxygen atoms in total. The Kier molecular flexibility index (Phi) is 4.31. The second-order valence-corrected chi connectivity index (χ2v) is 6.47. The molecule has 0 aromatic heterocycles. The molecule has 1 heterocycles. The highest BCUT2D eigenvalue weighted by molar-refractivity contribution is 7.85. The van der Waals surface area contributed by atoms with E-state index < -0.39 is 10.1 Å². The van der Waals surface area contributed by atoms with Crippen LogP contribution in [0.5, 0.6) is 0 Å². The standard InChI is InChI=1S/C14H16N2O3S/c1-11-4-3-7-16(11)14-6-5-12(13(8-14)9-15)10-19-20(2,17)18/h1,5-6,8,11H,3-4,7,10H2,2H3. The van der Waals surface area contributed by atoms with Crippen LogP contribution in [-0.2, 0) is 20.9 Å². The van der Waals surface area contributed by atoms with Gasteiger partial charge in [-0.25, -0.2) is 0 Å². The van der Waals surface area contributed by atoms with E-state index in [1.54, 1.807) is 12.1 Å². The average Bonchev–Trinajstić information content (AvgIpc) is 2.81. The van der Waals surface area contributed by atoms with Crippen molar-refractivity contribution in [1.29, 1.82) is 5.26 Å². The molecule has 1 saturated heterocycles. The number of hydrogen-bond donors (Lipinski definition) is 0. The normalized spacial score (nSPS) is 19.1. The maximum atomic E-state index is 11.0. The second-order valence-electron chi connectivity index (χ2n) is 4.82. The lowest BCUT2D eigenvalue weighted by molar-refractivity contribution is 0.311. The molecule has 1 atom stereocenters. The lowest BCUT2D eigenvalue weighted by Gasteiger charge is -2.24. The Morgan fingerprint density at radius 2 is 2.30 bits per heavy atom. The summed E-state index contributed by atoms with van der Waals surface area (Å²) in [7, 11) is -3.52. The molecule has 0 spiro atoms. The fourth-order valence-corrected chi connectivity index (χ4v) is 2.60. The van der Waals surface area contributed by atoms with Gasteiger partial charge in [0.25, 0.3) is 10.1 Å². The van der Waals surface area contributed by atoms with Gasteiger partial charge >= 0.3 is 0 Å². The average molecular weight is 292 g/mol. The Morgan fingerprint density at radius 3 is 2.85 bits per heavy atom. The van der Waals surface area contributed by atoms with Gasteiger partial charge in [-0.05, 0) is 37.5 Å². The Hall–Kier alpha value is -1.58. The van der Waals surface area contributed by atoms with Crippen LogP contribution in [0, 0.1) is 18.3 Å². The Morgan fingerprint density at radius 1 is 1.55 bits per heavy atom. The number of nitrogens with zero attached hydrogens (tertiary/aromatic N) is 2. The SMILES string of the molecule is [CH]C1CCCN1c1ccc(COS(C)(=O)=O)c(C#N)c1. The van der Waals surface area contributed by atoms with Crippen molar-refractivity contribution < 1.29 is 12.6 Å². The largest absolute Gasteiger partial charge is 0.368 e. The van der Waals surface area contributed by atoms with Crippen LogP contribution >= 0.6 is 0 Å². The van der Waals surface area contributed by atoms with Crippen LogP contribution in [0.2, 0.25) is 0 Å². The van der Waals surface area contributed by atoms with Crippen LogP contribution in [0.25, 0.3) is 0 Å². The zero-order valence-electron chi connectivity index (χ0n) is 11.2. The van der Waals surface area contributed by atoms with E-state index in [-0.39, 0.29) is 12.6 Å². The van der Waals surface area contributed by atoms with E-state index >= 15 is 0 Å². The summed E-state index contributed by atoms with van der Waals surface area (Å²) in [5.41, 5.74) is 1.84. The third-order valence-corrected chi connectivity index (χ3v) is 3.82. The molecule has 106 valence electrons. The molecule has 1 fully saturated rings. The summed E-state index contributed by atoms with van der Waals surface area (Å²) in [6, 6.07) is 7.32. The third kappa shape index (κ3) is 3.50. The summed E-state index contributed by atoms with van der Waals surface area (Å²) >= 11 is 0. The maximum absolute atomic E-state index is 11.0. The van der Waals surface area contributed by atoms with Gasteiger partial charge in [-0.15, -0.1) is 0 Å². The summed E-state index contributed by atoms with van der Waals surface area (Å²) in [5.74, 6) is 0. The predicted molar refractivity (Wildman–Crippen MR) is 75.5 cm³/mol. The number of rotatable bonds is 4. The number of nitriles is 1. The molecule has 0 amide bonds. The lowest BCUT2D eigenvalue weighted by atomic mass is 10.1. The van der Waals surface area contributed by atoms with Crippen LogP contribution < -0.4 is 4.90 Å². The van der Waals surface area contributed by atoms with E-state index in [0.717, 1.165) is 31.3 Å². The van der Waals surface area contributed by atoms with Crippen LogP contribution in [-0.4, -0.2) is 27.3 Å². The summed E-state index contributed by atoms with van der Waals surface area (Å²) in [6.45, 7) is 6.73. The molecule has 1 aliphatic heterocycles.